The fourth-order valence-corrected chi connectivity index (χ4v) is 8.06. The summed E-state index contributed by atoms with van der Waals surface area (Å²) in [5.41, 5.74) is 3.90. The van der Waals surface area contributed by atoms with E-state index in [-0.39, 0.29) is 17.8 Å². The Morgan fingerprint density at radius 1 is 0.735 bits per heavy atom. The molecule has 0 unspecified atom stereocenters. The Morgan fingerprint density at radius 3 is 1.53 bits per heavy atom. The van der Waals surface area contributed by atoms with E-state index in [2.05, 4.69) is 102 Å². The van der Waals surface area contributed by atoms with Gasteiger partial charge in [-0.25, -0.2) is 0 Å². The predicted molar refractivity (Wildman–Crippen MR) is 145 cm³/mol. The fourth-order valence-electron chi connectivity index (χ4n) is 4.34. The molecule has 2 nitrogen and oxygen atoms in total. The molecule has 34 heavy (non-hydrogen) atoms. The van der Waals surface area contributed by atoms with Gasteiger partial charge in [-0.3, -0.25) is 4.79 Å². The SMILES string of the molecule is CCCC(=O)OS(c1ccccc1)(c1ccccc1)c1c(C(C)C)cc(C(C)C)cc1C(C)C. The Balaban J connectivity index is 2.54. The van der Waals surface area contributed by atoms with E-state index in [4.69, 9.17) is 4.18 Å². The summed E-state index contributed by atoms with van der Waals surface area (Å²) in [5.74, 6) is 0.859. The second-order valence-corrected chi connectivity index (χ2v) is 12.5. The molecule has 0 saturated heterocycles. The van der Waals surface area contributed by atoms with Gasteiger partial charge in [-0.1, -0.05) is 97.0 Å². The van der Waals surface area contributed by atoms with Crippen LogP contribution < -0.4 is 0 Å². The molecule has 0 aliphatic rings. The quantitative estimate of drug-likeness (QED) is 0.307. The zero-order valence-corrected chi connectivity index (χ0v) is 22.6. The van der Waals surface area contributed by atoms with Gasteiger partial charge in [0.2, 0.25) is 0 Å². The van der Waals surface area contributed by atoms with Crippen molar-refractivity contribution < 1.29 is 8.98 Å². The van der Waals surface area contributed by atoms with E-state index < -0.39 is 10.3 Å². The first-order chi connectivity index (χ1) is 16.2. The lowest BCUT2D eigenvalue weighted by molar-refractivity contribution is -0.133. The van der Waals surface area contributed by atoms with Crippen LogP contribution in [0.25, 0.3) is 0 Å². The third kappa shape index (κ3) is 5.25. The second kappa shape index (κ2) is 11.3. The summed E-state index contributed by atoms with van der Waals surface area (Å²) < 4.78 is 6.76. The van der Waals surface area contributed by atoms with Crippen LogP contribution in [0.15, 0.2) is 87.5 Å². The van der Waals surface area contributed by atoms with Crippen LogP contribution >= 0.6 is 10.3 Å². The lowest BCUT2D eigenvalue weighted by atomic mass is 9.89. The van der Waals surface area contributed by atoms with Crippen molar-refractivity contribution in [3.05, 3.63) is 89.5 Å². The van der Waals surface area contributed by atoms with Crippen LogP contribution in [0.2, 0.25) is 0 Å². The molecule has 0 radical (unpaired) electrons. The maximum atomic E-state index is 13.3. The van der Waals surface area contributed by atoms with Crippen molar-refractivity contribution in [2.75, 3.05) is 0 Å². The summed E-state index contributed by atoms with van der Waals surface area (Å²) >= 11 is 0. The molecule has 3 aromatic carbocycles. The van der Waals surface area contributed by atoms with Crippen molar-refractivity contribution in [1.29, 1.82) is 0 Å². The smallest absolute Gasteiger partial charge is 0.317 e. The Bertz CT molecular complexity index is 1020. The van der Waals surface area contributed by atoms with Crippen molar-refractivity contribution in [3.8, 4) is 0 Å². The lowest BCUT2D eigenvalue weighted by Crippen LogP contribution is -2.18. The van der Waals surface area contributed by atoms with Crippen molar-refractivity contribution in [2.45, 2.75) is 93.7 Å². The minimum absolute atomic E-state index is 0.137. The molecule has 3 aromatic rings. The standard InChI is InChI=1S/C31H40O2S/c1-8-15-30(32)33-34(26-16-11-9-12-17-26,27-18-13-10-14-19-27)31-28(23(4)5)20-25(22(2)3)21-29(31)24(6)7/h9-14,16-24H,8,15H2,1-7H3. The average Bonchev–Trinajstić information content (AvgIpc) is 2.83. The monoisotopic (exact) mass is 476 g/mol. The summed E-state index contributed by atoms with van der Waals surface area (Å²) in [6, 6.07) is 25.5. The topological polar surface area (TPSA) is 26.3 Å². The van der Waals surface area contributed by atoms with Crippen LogP contribution in [-0.2, 0) is 8.98 Å². The summed E-state index contributed by atoms with van der Waals surface area (Å²) in [6.45, 7) is 15.5. The summed E-state index contributed by atoms with van der Waals surface area (Å²) in [6.07, 6.45) is 1.17. The Hall–Kier alpha value is -2.52. The summed E-state index contributed by atoms with van der Waals surface area (Å²) in [4.78, 5) is 16.6. The molecular weight excluding hydrogens is 436 g/mol. The van der Waals surface area contributed by atoms with Crippen LogP contribution in [0, 0.1) is 0 Å². The van der Waals surface area contributed by atoms with Crippen molar-refractivity contribution in [3.63, 3.8) is 0 Å². The average molecular weight is 477 g/mol. The Morgan fingerprint density at radius 2 is 1.18 bits per heavy atom. The van der Waals surface area contributed by atoms with E-state index in [1.54, 1.807) is 0 Å². The number of carbonyl (C=O) groups is 1. The van der Waals surface area contributed by atoms with E-state index in [1.165, 1.54) is 21.6 Å². The van der Waals surface area contributed by atoms with Crippen LogP contribution in [-0.4, -0.2) is 5.97 Å². The molecule has 3 heteroatoms. The highest BCUT2D eigenvalue weighted by molar-refractivity contribution is 8.30. The van der Waals surface area contributed by atoms with Gasteiger partial charge in [0, 0.05) is 21.1 Å². The van der Waals surface area contributed by atoms with E-state index in [1.807, 2.05) is 19.1 Å². The highest BCUT2D eigenvalue weighted by Gasteiger charge is 2.40. The molecule has 0 aromatic heterocycles. The zero-order chi connectivity index (χ0) is 24.9. The van der Waals surface area contributed by atoms with Crippen LogP contribution in [0.3, 0.4) is 0 Å². The maximum absolute atomic E-state index is 13.3. The van der Waals surface area contributed by atoms with Crippen molar-refractivity contribution >= 4 is 16.3 Å². The van der Waals surface area contributed by atoms with E-state index >= 15 is 0 Å². The lowest BCUT2D eigenvalue weighted by Gasteiger charge is -2.43. The number of hydrogen-bond donors (Lipinski definition) is 0. The normalized spacial score (nSPS) is 12.4. The number of benzene rings is 3. The third-order valence-corrected chi connectivity index (χ3v) is 9.54. The van der Waals surface area contributed by atoms with E-state index in [0.717, 1.165) is 16.2 Å². The first-order valence-corrected chi connectivity index (χ1v) is 14.1. The van der Waals surface area contributed by atoms with E-state index in [9.17, 15) is 4.79 Å². The largest absolute Gasteiger partial charge is 0.402 e. The minimum Gasteiger partial charge on any atom is -0.402 e. The molecule has 0 amide bonds. The molecule has 0 aliphatic carbocycles. The molecule has 0 spiro atoms. The third-order valence-electron chi connectivity index (χ3n) is 6.19. The Labute approximate surface area is 208 Å². The molecule has 0 atom stereocenters. The van der Waals surface area contributed by atoms with Crippen molar-refractivity contribution in [1.82, 2.24) is 0 Å². The summed E-state index contributed by atoms with van der Waals surface area (Å²) in [5, 5.41) is 0. The van der Waals surface area contributed by atoms with Gasteiger partial charge in [-0.15, -0.1) is 0 Å². The van der Waals surface area contributed by atoms with Crippen LogP contribution in [0.4, 0.5) is 0 Å². The van der Waals surface area contributed by atoms with Crippen molar-refractivity contribution in [2.24, 2.45) is 0 Å². The molecule has 182 valence electrons. The number of carbonyl (C=O) groups excluding carboxylic acids is 1. The zero-order valence-electron chi connectivity index (χ0n) is 21.8. The first-order valence-electron chi connectivity index (χ1n) is 12.6. The predicted octanol–water partition coefficient (Wildman–Crippen LogP) is 9.60. The summed E-state index contributed by atoms with van der Waals surface area (Å²) in [7, 11) is -2.30. The molecule has 3 rings (SSSR count). The van der Waals surface area contributed by atoms with Crippen LogP contribution in [0.1, 0.15) is 95.8 Å². The van der Waals surface area contributed by atoms with Gasteiger partial charge in [0.05, 0.1) is 0 Å². The molecule has 0 aliphatic heterocycles. The Kier molecular flexibility index (Phi) is 8.65. The highest BCUT2D eigenvalue weighted by Crippen LogP contribution is 2.72. The molecule has 0 N–H and O–H groups in total. The second-order valence-electron chi connectivity index (χ2n) is 9.88. The molecule has 0 bridgehead atoms. The number of rotatable bonds is 9. The molecule has 0 heterocycles. The van der Waals surface area contributed by atoms with Crippen LogP contribution in [0.5, 0.6) is 0 Å². The molecule has 0 fully saturated rings. The molecular formula is C31H40O2S. The van der Waals surface area contributed by atoms with Gasteiger partial charge in [0.25, 0.3) is 0 Å². The maximum Gasteiger partial charge on any atom is 0.317 e. The van der Waals surface area contributed by atoms with E-state index in [0.29, 0.717) is 12.3 Å². The minimum atomic E-state index is -2.30. The van der Waals surface area contributed by atoms with Gasteiger partial charge in [0.1, 0.15) is 0 Å². The highest BCUT2D eigenvalue weighted by atomic mass is 32.3. The fraction of sp³-hybridized carbons (Fsp3) is 0.387. The van der Waals surface area contributed by atoms with Gasteiger partial charge >= 0.3 is 5.97 Å². The van der Waals surface area contributed by atoms with Gasteiger partial charge in [-0.05, 0) is 75.4 Å². The first kappa shape index (κ1) is 26.1. The van der Waals surface area contributed by atoms with Gasteiger partial charge in [-0.2, -0.15) is 0 Å². The molecule has 0 saturated carbocycles. The van der Waals surface area contributed by atoms with Gasteiger partial charge < -0.3 is 4.18 Å². The number of hydrogen-bond acceptors (Lipinski definition) is 2. The van der Waals surface area contributed by atoms with Gasteiger partial charge in [0.15, 0.2) is 0 Å².